The fraction of sp³-hybridized carbons (Fsp3) is 0.0588. The van der Waals surface area contributed by atoms with Gasteiger partial charge in [-0.3, -0.25) is 4.98 Å². The fourth-order valence-electron chi connectivity index (χ4n) is 2.48. The zero-order valence-corrected chi connectivity index (χ0v) is 12.6. The lowest BCUT2D eigenvalue weighted by Gasteiger charge is -2.12. The predicted molar refractivity (Wildman–Crippen MR) is 88.3 cm³/mol. The predicted octanol–water partition coefficient (Wildman–Crippen LogP) is 4.14. The van der Waals surface area contributed by atoms with Crippen LogP contribution in [0.2, 0.25) is 5.02 Å². The molecule has 1 aromatic heterocycles. The number of hydrogen-bond donors (Lipinski definition) is 2. The minimum absolute atomic E-state index is 0.169. The van der Waals surface area contributed by atoms with Crippen molar-refractivity contribution >= 4 is 34.2 Å². The Morgan fingerprint density at radius 1 is 1.14 bits per heavy atom. The van der Waals surface area contributed by atoms with Gasteiger partial charge in [-0.2, -0.15) is 0 Å². The van der Waals surface area contributed by atoms with Gasteiger partial charge in [-0.25, -0.2) is 4.79 Å². The van der Waals surface area contributed by atoms with E-state index in [-0.39, 0.29) is 5.56 Å². The van der Waals surface area contributed by atoms with Crippen LogP contribution in [0.4, 0.5) is 5.69 Å². The molecule has 3 aromatic rings. The van der Waals surface area contributed by atoms with E-state index < -0.39 is 5.97 Å². The first-order valence-corrected chi connectivity index (χ1v) is 7.04. The molecule has 0 aliphatic rings. The Morgan fingerprint density at radius 2 is 1.91 bits per heavy atom. The molecule has 22 heavy (non-hydrogen) atoms. The Hall–Kier alpha value is -2.59. The van der Waals surface area contributed by atoms with Gasteiger partial charge in [-0.15, -0.1) is 0 Å². The van der Waals surface area contributed by atoms with Crippen LogP contribution in [0.1, 0.15) is 16.1 Å². The van der Waals surface area contributed by atoms with Crippen molar-refractivity contribution in [1.82, 2.24) is 4.98 Å². The highest BCUT2D eigenvalue weighted by Crippen LogP contribution is 2.35. The van der Waals surface area contributed by atoms with Gasteiger partial charge in [-0.05, 0) is 42.8 Å². The molecule has 0 bridgehead atoms. The molecule has 3 rings (SSSR count). The number of fused-ring (bicyclic) bond motifs is 1. The van der Waals surface area contributed by atoms with Gasteiger partial charge in [0.25, 0.3) is 0 Å². The second-order valence-corrected chi connectivity index (χ2v) is 5.48. The molecule has 0 spiro atoms. The lowest BCUT2D eigenvalue weighted by Crippen LogP contribution is -2.01. The molecular formula is C17H13ClN2O2. The lowest BCUT2D eigenvalue weighted by molar-refractivity contribution is 0.0699. The van der Waals surface area contributed by atoms with Crippen LogP contribution >= 0.6 is 11.6 Å². The van der Waals surface area contributed by atoms with Gasteiger partial charge in [-0.1, -0.05) is 23.7 Å². The first-order valence-electron chi connectivity index (χ1n) is 6.66. The SMILES string of the molecule is Cc1ccc2c(-c3cc(Cl)ccc3N)ccc(C(=O)O)c2n1. The molecule has 5 heteroatoms. The highest BCUT2D eigenvalue weighted by molar-refractivity contribution is 6.31. The molecule has 0 saturated carbocycles. The maximum atomic E-state index is 11.4. The van der Waals surface area contributed by atoms with Crippen LogP contribution < -0.4 is 5.73 Å². The number of rotatable bonds is 2. The summed E-state index contributed by atoms with van der Waals surface area (Å²) in [6.45, 7) is 1.82. The van der Waals surface area contributed by atoms with Crippen molar-refractivity contribution in [2.75, 3.05) is 5.73 Å². The fourth-order valence-corrected chi connectivity index (χ4v) is 2.66. The molecule has 0 aliphatic heterocycles. The first-order chi connectivity index (χ1) is 10.5. The number of halogens is 1. The average molecular weight is 313 g/mol. The molecule has 0 amide bonds. The summed E-state index contributed by atoms with van der Waals surface area (Å²) in [5, 5.41) is 10.7. The Balaban J connectivity index is 2.39. The van der Waals surface area contributed by atoms with Crippen LogP contribution in [0, 0.1) is 6.92 Å². The number of hydrogen-bond acceptors (Lipinski definition) is 3. The van der Waals surface area contributed by atoms with Crippen LogP contribution in [-0.4, -0.2) is 16.1 Å². The summed E-state index contributed by atoms with van der Waals surface area (Å²) in [5.74, 6) is -1.01. The molecule has 0 aliphatic carbocycles. The third-order valence-corrected chi connectivity index (χ3v) is 3.77. The van der Waals surface area contributed by atoms with Crippen molar-refractivity contribution in [1.29, 1.82) is 0 Å². The number of carboxylic acid groups (broad SMARTS) is 1. The maximum Gasteiger partial charge on any atom is 0.337 e. The Labute approximate surface area is 132 Å². The molecule has 0 saturated heterocycles. The topological polar surface area (TPSA) is 76.2 Å². The number of nitrogens with zero attached hydrogens (tertiary/aromatic N) is 1. The zero-order valence-electron chi connectivity index (χ0n) is 11.8. The summed E-state index contributed by atoms with van der Waals surface area (Å²) in [6.07, 6.45) is 0. The van der Waals surface area contributed by atoms with E-state index in [9.17, 15) is 9.90 Å². The highest BCUT2D eigenvalue weighted by Gasteiger charge is 2.15. The van der Waals surface area contributed by atoms with E-state index in [1.54, 1.807) is 30.3 Å². The molecule has 0 unspecified atom stereocenters. The van der Waals surface area contributed by atoms with E-state index in [0.717, 1.165) is 22.2 Å². The second-order valence-electron chi connectivity index (χ2n) is 5.05. The van der Waals surface area contributed by atoms with E-state index in [1.807, 2.05) is 19.1 Å². The van der Waals surface area contributed by atoms with Crippen molar-refractivity contribution in [3.05, 3.63) is 58.7 Å². The molecule has 2 aromatic carbocycles. The summed E-state index contributed by atoms with van der Waals surface area (Å²) in [6, 6.07) is 12.2. The van der Waals surface area contributed by atoms with E-state index in [0.29, 0.717) is 16.2 Å². The van der Waals surface area contributed by atoms with Crippen LogP contribution in [0.25, 0.3) is 22.0 Å². The normalized spacial score (nSPS) is 10.8. The number of nitrogens with two attached hydrogens (primary N) is 1. The Morgan fingerprint density at radius 3 is 2.64 bits per heavy atom. The second kappa shape index (κ2) is 5.31. The minimum Gasteiger partial charge on any atom is -0.478 e. The van der Waals surface area contributed by atoms with Gasteiger partial charge in [0.2, 0.25) is 0 Å². The van der Waals surface area contributed by atoms with Gasteiger partial charge in [0.05, 0.1) is 11.1 Å². The third kappa shape index (κ3) is 2.38. The monoisotopic (exact) mass is 312 g/mol. The number of nitrogen functional groups attached to an aromatic ring is 1. The number of aryl methyl sites for hydroxylation is 1. The van der Waals surface area contributed by atoms with Crippen LogP contribution in [0.5, 0.6) is 0 Å². The van der Waals surface area contributed by atoms with Gasteiger partial charge in [0.1, 0.15) is 0 Å². The van der Waals surface area contributed by atoms with Crippen LogP contribution in [-0.2, 0) is 0 Å². The van der Waals surface area contributed by atoms with Crippen molar-refractivity contribution in [3.63, 3.8) is 0 Å². The van der Waals surface area contributed by atoms with Crippen molar-refractivity contribution in [3.8, 4) is 11.1 Å². The Kier molecular flexibility index (Phi) is 3.47. The summed E-state index contributed by atoms with van der Waals surface area (Å²) < 4.78 is 0. The number of anilines is 1. The first kappa shape index (κ1) is 14.4. The van der Waals surface area contributed by atoms with Crippen molar-refractivity contribution in [2.45, 2.75) is 6.92 Å². The largest absolute Gasteiger partial charge is 0.478 e. The average Bonchev–Trinajstić information content (AvgIpc) is 2.48. The van der Waals surface area contributed by atoms with Crippen molar-refractivity contribution < 1.29 is 9.90 Å². The third-order valence-electron chi connectivity index (χ3n) is 3.53. The van der Waals surface area contributed by atoms with Gasteiger partial charge in [0, 0.05) is 27.4 Å². The summed E-state index contributed by atoms with van der Waals surface area (Å²) in [7, 11) is 0. The number of carboxylic acids is 1. The molecular weight excluding hydrogens is 300 g/mol. The zero-order chi connectivity index (χ0) is 15.9. The molecule has 0 atom stereocenters. The number of pyridine rings is 1. The van der Waals surface area contributed by atoms with Crippen molar-refractivity contribution in [2.24, 2.45) is 0 Å². The molecule has 0 radical (unpaired) electrons. The molecule has 4 nitrogen and oxygen atoms in total. The number of aromatic carboxylic acids is 1. The van der Waals surface area contributed by atoms with Gasteiger partial charge >= 0.3 is 5.97 Å². The van der Waals surface area contributed by atoms with Crippen LogP contribution in [0.3, 0.4) is 0 Å². The molecule has 3 N–H and O–H groups in total. The van der Waals surface area contributed by atoms with E-state index in [1.165, 1.54) is 0 Å². The molecule has 1 heterocycles. The smallest absolute Gasteiger partial charge is 0.337 e. The van der Waals surface area contributed by atoms with E-state index in [2.05, 4.69) is 4.98 Å². The van der Waals surface area contributed by atoms with Crippen LogP contribution in [0.15, 0.2) is 42.5 Å². The lowest BCUT2D eigenvalue weighted by atomic mass is 9.96. The standard InChI is InChI=1S/C17H13ClN2O2/c1-9-2-4-12-11(14-8-10(18)3-7-15(14)19)5-6-13(17(21)22)16(12)20-9/h2-8H,19H2,1H3,(H,21,22). The number of benzene rings is 2. The number of carbonyl (C=O) groups is 1. The maximum absolute atomic E-state index is 11.4. The Bertz CT molecular complexity index is 907. The van der Waals surface area contributed by atoms with Gasteiger partial charge < -0.3 is 10.8 Å². The van der Waals surface area contributed by atoms with Gasteiger partial charge in [0.15, 0.2) is 0 Å². The molecule has 110 valence electrons. The quantitative estimate of drug-likeness (QED) is 0.697. The highest BCUT2D eigenvalue weighted by atomic mass is 35.5. The molecule has 0 fully saturated rings. The minimum atomic E-state index is -1.01. The van der Waals surface area contributed by atoms with E-state index >= 15 is 0 Å². The summed E-state index contributed by atoms with van der Waals surface area (Å²) in [5.41, 5.74) is 9.57. The summed E-state index contributed by atoms with van der Waals surface area (Å²) >= 11 is 6.06. The number of aromatic nitrogens is 1. The van der Waals surface area contributed by atoms with E-state index in [4.69, 9.17) is 17.3 Å². The summed E-state index contributed by atoms with van der Waals surface area (Å²) in [4.78, 5) is 15.8.